The van der Waals surface area contributed by atoms with Gasteiger partial charge in [-0.1, -0.05) is 295 Å². The van der Waals surface area contributed by atoms with Gasteiger partial charge in [-0.3, -0.25) is 14.4 Å². The summed E-state index contributed by atoms with van der Waals surface area (Å²) in [4.78, 5) is 38.1. The zero-order valence-electron chi connectivity index (χ0n) is 52.5. The summed E-state index contributed by atoms with van der Waals surface area (Å²) in [5.41, 5.74) is 0. The monoisotopic (exact) mass is 1120 g/mol. The number of esters is 3. The van der Waals surface area contributed by atoms with Gasteiger partial charge in [0.2, 0.25) is 0 Å². The second-order valence-electron chi connectivity index (χ2n) is 21.6. The Kier molecular flexibility index (Phi) is 63.9. The van der Waals surface area contributed by atoms with E-state index in [1.54, 1.807) is 0 Å². The van der Waals surface area contributed by atoms with Gasteiger partial charge in [0.05, 0.1) is 0 Å². The number of hydrogen-bond donors (Lipinski definition) is 0. The average Bonchev–Trinajstić information content (AvgIpc) is 3.47. The lowest BCUT2D eigenvalue weighted by Crippen LogP contribution is -2.30. The van der Waals surface area contributed by atoms with Gasteiger partial charge in [-0.15, -0.1) is 0 Å². The van der Waals surface area contributed by atoms with Crippen molar-refractivity contribution in [3.8, 4) is 0 Å². The first kappa shape index (κ1) is 76.3. The third-order valence-corrected chi connectivity index (χ3v) is 13.8. The average molecular weight is 1120 g/mol. The molecule has 0 amide bonds. The lowest BCUT2D eigenvalue weighted by Gasteiger charge is -2.18. The van der Waals surface area contributed by atoms with Gasteiger partial charge in [0, 0.05) is 19.3 Å². The summed E-state index contributed by atoms with van der Waals surface area (Å²) >= 11 is 0. The molecule has 0 rings (SSSR count). The van der Waals surface area contributed by atoms with Crippen molar-refractivity contribution < 1.29 is 28.6 Å². The molecule has 81 heavy (non-hydrogen) atoms. The Morgan fingerprint density at radius 3 is 0.778 bits per heavy atom. The molecule has 6 heteroatoms. The Morgan fingerprint density at radius 1 is 0.259 bits per heavy atom. The summed E-state index contributed by atoms with van der Waals surface area (Å²) in [6, 6.07) is 0. The molecule has 0 saturated heterocycles. The number of ether oxygens (including phenoxy) is 3. The quantitative estimate of drug-likeness (QED) is 0.0261. The van der Waals surface area contributed by atoms with E-state index in [1.807, 2.05) is 0 Å². The molecule has 1 atom stereocenters. The van der Waals surface area contributed by atoms with Crippen LogP contribution in [-0.4, -0.2) is 37.2 Å². The summed E-state index contributed by atoms with van der Waals surface area (Å²) in [7, 11) is 0. The van der Waals surface area contributed by atoms with Crippen molar-refractivity contribution in [2.75, 3.05) is 13.2 Å². The van der Waals surface area contributed by atoms with Crippen LogP contribution in [0, 0.1) is 0 Å². The van der Waals surface area contributed by atoms with Gasteiger partial charge >= 0.3 is 17.9 Å². The molecule has 0 fully saturated rings. The van der Waals surface area contributed by atoms with E-state index < -0.39 is 6.10 Å². The minimum atomic E-state index is -0.802. The largest absolute Gasteiger partial charge is 0.462 e. The molecule has 0 aliphatic carbocycles. The molecule has 0 saturated carbocycles. The summed E-state index contributed by atoms with van der Waals surface area (Å²) in [5, 5.41) is 0. The van der Waals surface area contributed by atoms with Gasteiger partial charge in [-0.05, 0) is 122 Å². The maximum atomic E-state index is 12.8. The predicted molar refractivity (Wildman–Crippen MR) is 352 cm³/mol. The van der Waals surface area contributed by atoms with E-state index in [9.17, 15) is 14.4 Å². The zero-order valence-corrected chi connectivity index (χ0v) is 52.5. The minimum absolute atomic E-state index is 0.0970. The highest BCUT2D eigenvalue weighted by Gasteiger charge is 2.19. The third kappa shape index (κ3) is 66.0. The molecule has 1 unspecified atom stereocenters. The molecule has 0 radical (unpaired) electrons. The van der Waals surface area contributed by atoms with E-state index >= 15 is 0 Å². The number of carbonyl (C=O) groups is 3. The fraction of sp³-hybridized carbons (Fsp3) is 0.640. The first-order valence-corrected chi connectivity index (χ1v) is 33.3. The number of hydrogen-bond acceptors (Lipinski definition) is 6. The highest BCUT2D eigenvalue weighted by molar-refractivity contribution is 5.71. The Balaban J connectivity index is 4.12. The standard InChI is InChI=1S/C75H122O6/c1-4-7-10-13-16-18-20-22-24-26-28-30-31-32-33-34-35-36-37-38-39-40-41-42-43-45-46-48-50-52-54-56-59-62-65-68-74(77)80-71-72(70-79-73(76)67-64-61-58-15-12-9-6-3)81-75(78)69-66-63-60-57-55-53-51-49-47-44-29-27-25-23-21-19-17-14-11-8-5-2/h7-8,10-11,16-19,22-25,28-30,32-33,35-36,44,49,51,55,57,72H,4-6,9,12-15,20-21,26-27,31,34,37-43,45-48,50,52-54,56,58-71H2,1-3H3/b10-7-,11-8-,18-16-,19-17-,24-22-,25-23-,30-28-,33-32-,36-35-,44-29-,51-49-,57-55-. The molecule has 0 aromatic rings. The van der Waals surface area contributed by atoms with Crippen molar-refractivity contribution >= 4 is 17.9 Å². The second kappa shape index (κ2) is 67.8. The number of rotatable bonds is 59. The SMILES string of the molecule is CC/C=C\C/C=C\C/C=C\C/C=C\C/C=C\C/C=C\CCCCCCCCCCCCCCCCCCC(=O)OCC(COC(=O)CCCCCCCCC)OC(=O)CCCC/C=C\C/C=C\C/C=C\C/C=C\C/C=C\C/C=C\CC. The first-order valence-electron chi connectivity index (χ1n) is 33.3. The molecule has 0 aliphatic rings. The van der Waals surface area contributed by atoms with E-state index in [1.165, 1.54) is 116 Å². The van der Waals surface area contributed by atoms with Crippen molar-refractivity contribution in [2.24, 2.45) is 0 Å². The minimum Gasteiger partial charge on any atom is -0.462 e. The molecular formula is C75H122O6. The van der Waals surface area contributed by atoms with Gasteiger partial charge in [0.15, 0.2) is 6.10 Å². The van der Waals surface area contributed by atoms with Crippen molar-refractivity contribution in [1.29, 1.82) is 0 Å². The number of allylic oxidation sites excluding steroid dienone is 24. The van der Waals surface area contributed by atoms with Crippen LogP contribution < -0.4 is 0 Å². The molecule has 458 valence electrons. The van der Waals surface area contributed by atoms with Gasteiger partial charge in [-0.2, -0.15) is 0 Å². The fourth-order valence-corrected chi connectivity index (χ4v) is 8.92. The number of carbonyl (C=O) groups excluding carboxylic acids is 3. The Labute approximate surface area is 499 Å². The molecular weight excluding hydrogens is 997 g/mol. The third-order valence-electron chi connectivity index (χ3n) is 13.8. The van der Waals surface area contributed by atoms with Crippen LogP contribution in [0.4, 0.5) is 0 Å². The molecule has 6 nitrogen and oxygen atoms in total. The summed E-state index contributed by atoms with van der Waals surface area (Å²) in [6.07, 6.45) is 97.6. The van der Waals surface area contributed by atoms with Crippen LogP contribution in [0.25, 0.3) is 0 Å². The maximum absolute atomic E-state index is 12.8. The van der Waals surface area contributed by atoms with Gasteiger partial charge in [-0.25, -0.2) is 0 Å². The summed E-state index contributed by atoms with van der Waals surface area (Å²) < 4.78 is 16.8. The summed E-state index contributed by atoms with van der Waals surface area (Å²) in [5.74, 6) is -0.945. The van der Waals surface area contributed by atoms with E-state index in [2.05, 4.69) is 167 Å². The number of unbranched alkanes of at least 4 members (excludes halogenated alkanes) is 24. The molecule has 0 aliphatic heterocycles. The Morgan fingerprint density at radius 2 is 0.481 bits per heavy atom. The molecule has 0 heterocycles. The highest BCUT2D eigenvalue weighted by atomic mass is 16.6. The van der Waals surface area contributed by atoms with E-state index in [-0.39, 0.29) is 37.5 Å². The second-order valence-corrected chi connectivity index (χ2v) is 21.6. The van der Waals surface area contributed by atoms with Crippen LogP contribution in [0.5, 0.6) is 0 Å². The molecule has 0 spiro atoms. The lowest BCUT2D eigenvalue weighted by molar-refractivity contribution is -0.167. The molecule has 0 aromatic carbocycles. The summed E-state index contributed by atoms with van der Waals surface area (Å²) in [6.45, 7) is 6.34. The Bertz CT molecular complexity index is 1760. The van der Waals surface area contributed by atoms with Crippen LogP contribution in [0.2, 0.25) is 0 Å². The molecule has 0 N–H and O–H groups in total. The molecule has 0 aromatic heterocycles. The van der Waals surface area contributed by atoms with E-state index in [0.717, 1.165) is 128 Å². The smallest absolute Gasteiger partial charge is 0.306 e. The highest BCUT2D eigenvalue weighted by Crippen LogP contribution is 2.16. The fourth-order valence-electron chi connectivity index (χ4n) is 8.92. The van der Waals surface area contributed by atoms with E-state index in [4.69, 9.17) is 14.2 Å². The molecule has 0 bridgehead atoms. The van der Waals surface area contributed by atoms with Gasteiger partial charge in [0.1, 0.15) is 13.2 Å². The van der Waals surface area contributed by atoms with Crippen LogP contribution in [0.15, 0.2) is 146 Å². The first-order chi connectivity index (χ1) is 40.0. The normalized spacial score (nSPS) is 13.1. The zero-order chi connectivity index (χ0) is 58.5. The van der Waals surface area contributed by atoms with Gasteiger partial charge < -0.3 is 14.2 Å². The lowest BCUT2D eigenvalue weighted by atomic mass is 10.0. The Hall–Kier alpha value is -4.71. The van der Waals surface area contributed by atoms with Crippen molar-refractivity contribution in [3.05, 3.63) is 146 Å². The van der Waals surface area contributed by atoms with Crippen LogP contribution in [0.1, 0.15) is 290 Å². The van der Waals surface area contributed by atoms with Crippen molar-refractivity contribution in [1.82, 2.24) is 0 Å². The van der Waals surface area contributed by atoms with Crippen molar-refractivity contribution in [3.63, 3.8) is 0 Å². The topological polar surface area (TPSA) is 78.9 Å². The van der Waals surface area contributed by atoms with Crippen LogP contribution >= 0.6 is 0 Å². The van der Waals surface area contributed by atoms with Gasteiger partial charge in [0.25, 0.3) is 0 Å². The maximum Gasteiger partial charge on any atom is 0.306 e. The predicted octanol–water partition coefficient (Wildman–Crippen LogP) is 23.1. The van der Waals surface area contributed by atoms with E-state index in [0.29, 0.717) is 19.3 Å². The van der Waals surface area contributed by atoms with Crippen molar-refractivity contribution in [2.45, 2.75) is 297 Å². The van der Waals surface area contributed by atoms with Crippen LogP contribution in [-0.2, 0) is 28.6 Å². The van der Waals surface area contributed by atoms with Crippen LogP contribution in [0.3, 0.4) is 0 Å².